The van der Waals surface area contributed by atoms with E-state index in [9.17, 15) is 13.2 Å². The van der Waals surface area contributed by atoms with E-state index in [1.165, 1.54) is 15.6 Å². The third kappa shape index (κ3) is 4.83. The van der Waals surface area contributed by atoms with Crippen LogP contribution in [0, 0.1) is 0 Å². The van der Waals surface area contributed by atoms with Crippen molar-refractivity contribution in [3.05, 3.63) is 17.0 Å². The number of hydrogen-bond donors (Lipinski definition) is 1. The monoisotopic (exact) mass is 401 g/mol. The minimum atomic E-state index is -3.39. The van der Waals surface area contributed by atoms with Crippen molar-refractivity contribution in [2.75, 3.05) is 45.9 Å². The summed E-state index contributed by atoms with van der Waals surface area (Å²) < 4.78 is 32.3. The zero-order valence-corrected chi connectivity index (χ0v) is 16.8. The molecule has 2 aliphatic heterocycles. The number of rotatable bonds is 7. The molecule has 3 rings (SSSR count). The molecule has 1 aromatic heterocycles. The number of carbonyl (C=O) groups is 1. The molecule has 1 amide bonds. The quantitative estimate of drug-likeness (QED) is 0.735. The Kier molecular flexibility index (Phi) is 6.68. The predicted octanol–water partition coefficient (Wildman–Crippen LogP) is 0.912. The van der Waals surface area contributed by atoms with Gasteiger partial charge in [0, 0.05) is 43.6 Å². The lowest BCUT2D eigenvalue weighted by Gasteiger charge is -2.32. The number of hydrogen-bond acceptors (Lipinski definition) is 6. The number of morpholine rings is 1. The van der Waals surface area contributed by atoms with Crippen LogP contribution in [0.5, 0.6) is 0 Å². The highest BCUT2D eigenvalue weighted by atomic mass is 32.2. The number of thiophene rings is 1. The van der Waals surface area contributed by atoms with Crippen LogP contribution in [0.2, 0.25) is 0 Å². The molecule has 2 aliphatic rings. The Hall–Kier alpha value is -1.00. The first-order valence-electron chi connectivity index (χ1n) is 9.14. The van der Waals surface area contributed by atoms with E-state index < -0.39 is 10.0 Å². The van der Waals surface area contributed by atoms with Gasteiger partial charge in [-0.1, -0.05) is 0 Å². The first-order chi connectivity index (χ1) is 12.5. The van der Waals surface area contributed by atoms with Gasteiger partial charge < -0.3 is 10.1 Å². The highest BCUT2D eigenvalue weighted by Crippen LogP contribution is 2.27. The lowest BCUT2D eigenvalue weighted by Crippen LogP contribution is -2.47. The first kappa shape index (κ1) is 19.8. The van der Waals surface area contributed by atoms with Crippen LogP contribution in [0.4, 0.5) is 0 Å². The van der Waals surface area contributed by atoms with E-state index in [0.29, 0.717) is 23.8 Å². The molecule has 0 aromatic carbocycles. The van der Waals surface area contributed by atoms with Gasteiger partial charge in [0.25, 0.3) is 10.0 Å². The molecule has 3 heterocycles. The summed E-state index contributed by atoms with van der Waals surface area (Å²) in [4.78, 5) is 15.3. The molecule has 0 spiro atoms. The van der Waals surface area contributed by atoms with E-state index in [2.05, 4.69) is 17.1 Å². The van der Waals surface area contributed by atoms with E-state index in [1.54, 1.807) is 12.1 Å². The maximum absolute atomic E-state index is 12.5. The van der Waals surface area contributed by atoms with Crippen LogP contribution in [0.25, 0.3) is 0 Å². The maximum Gasteiger partial charge on any atom is 0.252 e. The van der Waals surface area contributed by atoms with Crippen molar-refractivity contribution in [1.29, 1.82) is 0 Å². The van der Waals surface area contributed by atoms with Gasteiger partial charge in [-0.15, -0.1) is 11.3 Å². The summed E-state index contributed by atoms with van der Waals surface area (Å²) in [6.07, 6.45) is 2.05. The Bertz CT molecular complexity index is 707. The van der Waals surface area contributed by atoms with Crippen molar-refractivity contribution in [3.8, 4) is 0 Å². The Balaban J connectivity index is 1.49. The number of carbonyl (C=O) groups excluding carboxylic acids is 1. The van der Waals surface area contributed by atoms with Gasteiger partial charge in [-0.3, -0.25) is 9.69 Å². The Morgan fingerprint density at radius 1 is 1.23 bits per heavy atom. The summed E-state index contributed by atoms with van der Waals surface area (Å²) in [5.41, 5.74) is 0. The number of amides is 1. The third-order valence-corrected chi connectivity index (χ3v) is 8.35. The minimum Gasteiger partial charge on any atom is -0.379 e. The average Bonchev–Trinajstić information content (AvgIpc) is 3.33. The lowest BCUT2D eigenvalue weighted by molar-refractivity contribution is -0.120. The molecule has 1 aromatic rings. The highest BCUT2D eigenvalue weighted by molar-refractivity contribution is 7.91. The Morgan fingerprint density at radius 3 is 2.62 bits per heavy atom. The molecule has 26 heavy (non-hydrogen) atoms. The van der Waals surface area contributed by atoms with Crippen LogP contribution in [-0.2, 0) is 26.0 Å². The van der Waals surface area contributed by atoms with Gasteiger partial charge in [0.2, 0.25) is 5.91 Å². The van der Waals surface area contributed by atoms with Gasteiger partial charge in [0.05, 0.1) is 19.6 Å². The van der Waals surface area contributed by atoms with Crippen LogP contribution in [0.15, 0.2) is 16.3 Å². The van der Waals surface area contributed by atoms with E-state index >= 15 is 0 Å². The molecule has 1 atom stereocenters. The standard InChI is InChI=1S/C17H27N3O4S2/c1-14(19-8-10-24-11-9-19)13-18-16(21)12-15-4-5-17(25-15)26(22,23)20-6-2-3-7-20/h4-5,14H,2-3,6-13H2,1H3,(H,18,21). The van der Waals surface area contributed by atoms with Crippen molar-refractivity contribution >= 4 is 27.3 Å². The molecule has 0 aliphatic carbocycles. The molecular formula is C17H27N3O4S2. The zero-order chi connectivity index (χ0) is 18.6. The molecule has 0 saturated carbocycles. The van der Waals surface area contributed by atoms with Crippen LogP contribution in [0.1, 0.15) is 24.6 Å². The van der Waals surface area contributed by atoms with Gasteiger partial charge in [-0.25, -0.2) is 8.42 Å². The zero-order valence-electron chi connectivity index (χ0n) is 15.1. The van der Waals surface area contributed by atoms with Gasteiger partial charge in [-0.05, 0) is 31.9 Å². The molecule has 1 N–H and O–H groups in total. The molecule has 0 bridgehead atoms. The van der Waals surface area contributed by atoms with Gasteiger partial charge >= 0.3 is 0 Å². The Morgan fingerprint density at radius 2 is 1.92 bits per heavy atom. The summed E-state index contributed by atoms with van der Waals surface area (Å²) in [5, 5.41) is 2.96. The van der Waals surface area contributed by atoms with Crippen molar-refractivity contribution in [3.63, 3.8) is 0 Å². The largest absolute Gasteiger partial charge is 0.379 e. The molecule has 0 radical (unpaired) electrons. The van der Waals surface area contributed by atoms with Gasteiger partial charge in [0.1, 0.15) is 4.21 Å². The summed E-state index contributed by atoms with van der Waals surface area (Å²) in [6.45, 7) is 7.12. The van der Waals surface area contributed by atoms with E-state index in [4.69, 9.17) is 4.74 Å². The summed E-state index contributed by atoms with van der Waals surface area (Å²) in [5.74, 6) is -0.0721. The number of nitrogens with one attached hydrogen (secondary N) is 1. The molecular weight excluding hydrogens is 374 g/mol. The van der Waals surface area contributed by atoms with Crippen molar-refractivity contribution < 1.29 is 17.9 Å². The second kappa shape index (κ2) is 8.79. The summed E-state index contributed by atoms with van der Waals surface area (Å²) in [7, 11) is -3.39. The van der Waals surface area contributed by atoms with Crippen LogP contribution in [-0.4, -0.2) is 75.5 Å². The molecule has 146 valence electrons. The highest BCUT2D eigenvalue weighted by Gasteiger charge is 2.28. The van der Waals surface area contributed by atoms with Gasteiger partial charge in [0.15, 0.2) is 0 Å². The van der Waals surface area contributed by atoms with Crippen LogP contribution < -0.4 is 5.32 Å². The van der Waals surface area contributed by atoms with Crippen LogP contribution in [0.3, 0.4) is 0 Å². The van der Waals surface area contributed by atoms with E-state index in [-0.39, 0.29) is 18.4 Å². The second-order valence-electron chi connectivity index (χ2n) is 6.81. The summed E-state index contributed by atoms with van der Waals surface area (Å²) >= 11 is 1.20. The fourth-order valence-corrected chi connectivity index (χ4v) is 6.30. The van der Waals surface area contributed by atoms with Crippen molar-refractivity contribution in [2.45, 2.75) is 36.4 Å². The van der Waals surface area contributed by atoms with Crippen molar-refractivity contribution in [1.82, 2.24) is 14.5 Å². The molecule has 1 unspecified atom stereocenters. The van der Waals surface area contributed by atoms with Crippen LogP contribution >= 0.6 is 11.3 Å². The average molecular weight is 402 g/mol. The topological polar surface area (TPSA) is 79.0 Å². The minimum absolute atomic E-state index is 0.0721. The maximum atomic E-state index is 12.5. The lowest BCUT2D eigenvalue weighted by atomic mass is 10.2. The molecule has 2 fully saturated rings. The summed E-state index contributed by atoms with van der Waals surface area (Å²) in [6, 6.07) is 3.63. The fourth-order valence-electron chi connectivity index (χ4n) is 3.28. The number of nitrogens with zero attached hydrogens (tertiary/aromatic N) is 2. The van der Waals surface area contributed by atoms with E-state index in [0.717, 1.165) is 44.0 Å². The normalized spacial score (nSPS) is 21.0. The molecule has 2 saturated heterocycles. The number of ether oxygens (including phenoxy) is 1. The Labute approximate surface area is 159 Å². The van der Waals surface area contributed by atoms with Crippen molar-refractivity contribution in [2.24, 2.45) is 0 Å². The number of sulfonamides is 1. The third-order valence-electron chi connectivity index (χ3n) is 4.89. The SMILES string of the molecule is CC(CNC(=O)Cc1ccc(S(=O)(=O)N2CCCC2)s1)N1CCOCC1. The first-order valence-corrected chi connectivity index (χ1v) is 11.4. The predicted molar refractivity (Wildman–Crippen MR) is 101 cm³/mol. The van der Waals surface area contributed by atoms with E-state index in [1.807, 2.05) is 0 Å². The molecule has 9 heteroatoms. The smallest absolute Gasteiger partial charge is 0.252 e. The van der Waals surface area contributed by atoms with Gasteiger partial charge in [-0.2, -0.15) is 4.31 Å². The molecule has 7 nitrogen and oxygen atoms in total. The fraction of sp³-hybridized carbons (Fsp3) is 0.706. The second-order valence-corrected chi connectivity index (χ2v) is 10.1.